The van der Waals surface area contributed by atoms with E-state index in [1.54, 1.807) is 0 Å². The number of fused-ring (bicyclic) bond motifs is 1. The first-order valence-electron chi connectivity index (χ1n) is 12.3. The average molecular weight is 549 g/mol. The number of nitrogens with zero attached hydrogens (tertiary/aromatic N) is 5. The average Bonchev–Trinajstić information content (AvgIpc) is 2.98. The molecule has 0 aromatic heterocycles. The van der Waals surface area contributed by atoms with E-state index in [1.165, 1.54) is 6.07 Å². The summed E-state index contributed by atoms with van der Waals surface area (Å²) in [7, 11) is 0. The molecular weight excluding hydrogens is 524 g/mol. The van der Waals surface area contributed by atoms with Gasteiger partial charge in [0.1, 0.15) is 23.9 Å². The number of benzene rings is 3. The summed E-state index contributed by atoms with van der Waals surface area (Å²) >= 11 is 0. The van der Waals surface area contributed by atoms with Crippen LogP contribution < -0.4 is 5.32 Å². The van der Waals surface area contributed by atoms with Crippen LogP contribution in [-0.4, -0.2) is 47.0 Å². The lowest BCUT2D eigenvalue weighted by Crippen LogP contribution is -2.64. The lowest BCUT2D eigenvalue weighted by molar-refractivity contribution is -0.393. The lowest BCUT2D eigenvalue weighted by atomic mass is 9.93. The highest BCUT2D eigenvalue weighted by molar-refractivity contribution is 5.66. The zero-order chi connectivity index (χ0) is 28.1. The fourth-order valence-corrected chi connectivity index (χ4v) is 4.71. The first-order valence-corrected chi connectivity index (χ1v) is 12.3. The maximum Gasteiger partial charge on any atom is 0.299 e. The normalized spacial score (nSPS) is 25.7. The van der Waals surface area contributed by atoms with Crippen molar-refractivity contribution in [1.29, 1.82) is 0 Å². The van der Waals surface area contributed by atoms with Crippen LogP contribution in [0.25, 0.3) is 10.4 Å². The summed E-state index contributed by atoms with van der Waals surface area (Å²) in [6, 6.07) is 19.8. The van der Waals surface area contributed by atoms with Gasteiger partial charge in [0.15, 0.2) is 12.6 Å². The molecule has 3 aromatic carbocycles. The predicted molar refractivity (Wildman–Crippen MR) is 140 cm³/mol. The van der Waals surface area contributed by atoms with Crippen molar-refractivity contribution in [2.75, 3.05) is 11.9 Å². The van der Waals surface area contributed by atoms with Gasteiger partial charge in [-0.1, -0.05) is 65.8 Å². The van der Waals surface area contributed by atoms with E-state index in [-0.39, 0.29) is 18.9 Å². The van der Waals surface area contributed by atoms with Gasteiger partial charge in [-0.25, -0.2) is 0 Å². The first kappa shape index (κ1) is 27.0. The SMILES string of the molecule is [N-]=[N+]=N[C@@H]1[C@@H](OCc2ccccc2)O[C@@H]2CO[C@@H](c3ccccc3)O[C@H]2[C@H]1Nc1ccc([N+](=O)[O-])cc1[N+](=O)[O-]. The van der Waals surface area contributed by atoms with Gasteiger partial charge in [-0.15, -0.1) is 0 Å². The topological polar surface area (TPSA) is 184 Å². The van der Waals surface area contributed by atoms with Crippen molar-refractivity contribution in [3.05, 3.63) is 121 Å². The van der Waals surface area contributed by atoms with Gasteiger partial charge in [0, 0.05) is 16.5 Å². The van der Waals surface area contributed by atoms with E-state index < -0.39 is 58.1 Å². The Hall–Kier alpha value is -4.59. The molecular formula is C26H24N6O8. The molecule has 0 radical (unpaired) electrons. The summed E-state index contributed by atoms with van der Waals surface area (Å²) in [5, 5.41) is 30.1. The van der Waals surface area contributed by atoms with E-state index >= 15 is 0 Å². The Bertz CT molecular complexity index is 1400. The van der Waals surface area contributed by atoms with Crippen LogP contribution in [0.2, 0.25) is 0 Å². The van der Waals surface area contributed by atoms with Gasteiger partial charge in [0.25, 0.3) is 11.4 Å². The molecule has 14 nitrogen and oxygen atoms in total. The lowest BCUT2D eigenvalue weighted by Gasteiger charge is -2.48. The van der Waals surface area contributed by atoms with Crippen molar-refractivity contribution >= 4 is 17.1 Å². The van der Waals surface area contributed by atoms with Gasteiger partial charge in [-0.05, 0) is 17.2 Å². The summed E-state index contributed by atoms with van der Waals surface area (Å²) in [6.45, 7) is 0.234. The Morgan fingerprint density at radius 1 is 1.00 bits per heavy atom. The summed E-state index contributed by atoms with van der Waals surface area (Å²) in [5.74, 6) is 0. The third-order valence-electron chi connectivity index (χ3n) is 6.59. The van der Waals surface area contributed by atoms with Gasteiger partial charge in [0.2, 0.25) is 0 Å². The van der Waals surface area contributed by atoms with Crippen molar-refractivity contribution in [3.63, 3.8) is 0 Å². The van der Waals surface area contributed by atoms with Gasteiger partial charge in [0.05, 0.1) is 35.2 Å². The highest BCUT2D eigenvalue weighted by Crippen LogP contribution is 2.38. The molecule has 5 rings (SSSR count). The highest BCUT2D eigenvalue weighted by atomic mass is 16.7. The third-order valence-corrected chi connectivity index (χ3v) is 6.59. The van der Waals surface area contributed by atoms with Gasteiger partial charge >= 0.3 is 0 Å². The summed E-state index contributed by atoms with van der Waals surface area (Å²) in [5.41, 5.74) is 10.0. The number of non-ortho nitro benzene ring substituents is 1. The molecule has 14 heteroatoms. The molecule has 1 N–H and O–H groups in total. The van der Waals surface area contributed by atoms with Gasteiger partial charge in [-0.2, -0.15) is 0 Å². The van der Waals surface area contributed by atoms with Crippen molar-refractivity contribution in [1.82, 2.24) is 0 Å². The van der Waals surface area contributed by atoms with Crippen LogP contribution in [0.5, 0.6) is 0 Å². The molecule has 0 bridgehead atoms. The van der Waals surface area contributed by atoms with E-state index in [1.807, 2.05) is 60.7 Å². The molecule has 2 aliphatic rings. The first-order chi connectivity index (χ1) is 19.4. The van der Waals surface area contributed by atoms with Crippen LogP contribution in [0.15, 0.2) is 84.0 Å². The van der Waals surface area contributed by atoms with Crippen LogP contribution in [0, 0.1) is 20.2 Å². The molecule has 2 saturated heterocycles. The van der Waals surface area contributed by atoms with Crippen LogP contribution in [0.3, 0.4) is 0 Å². The second kappa shape index (κ2) is 12.1. The number of azide groups is 1. The molecule has 0 amide bonds. The van der Waals surface area contributed by atoms with E-state index in [0.29, 0.717) is 0 Å². The van der Waals surface area contributed by atoms with Crippen molar-refractivity contribution in [2.24, 2.45) is 5.11 Å². The minimum atomic E-state index is -1.06. The van der Waals surface area contributed by atoms with Crippen LogP contribution in [0.1, 0.15) is 17.4 Å². The summed E-state index contributed by atoms with van der Waals surface area (Å²) in [6.07, 6.45) is -3.34. The monoisotopic (exact) mass is 548 g/mol. The van der Waals surface area contributed by atoms with E-state index in [2.05, 4.69) is 15.3 Å². The Balaban J connectivity index is 1.50. The van der Waals surface area contributed by atoms with Crippen molar-refractivity contribution < 1.29 is 28.8 Å². The molecule has 6 atom stereocenters. The number of anilines is 1. The largest absolute Gasteiger partial charge is 0.373 e. The predicted octanol–water partition coefficient (Wildman–Crippen LogP) is 5.02. The van der Waals surface area contributed by atoms with E-state index in [4.69, 9.17) is 18.9 Å². The molecule has 2 fully saturated rings. The maximum atomic E-state index is 11.8. The molecule has 0 spiro atoms. The molecule has 2 heterocycles. The fourth-order valence-electron chi connectivity index (χ4n) is 4.71. The fraction of sp³-hybridized carbons (Fsp3) is 0.308. The standard InChI is InChI=1S/C26H24N6O8/c27-30-29-23-22(28-19-12-11-18(31(33)34)13-20(19)32(35)36)24-21(15-38-25(40-24)17-9-5-2-6-10-17)39-26(23)37-14-16-7-3-1-4-8-16/h1-13,21-26,28H,14-15H2/t21-,22+,23+,24-,25-,26+/m1/s1. The van der Waals surface area contributed by atoms with Gasteiger partial charge < -0.3 is 24.3 Å². The number of nitro benzene ring substituents is 2. The second-order valence-electron chi connectivity index (χ2n) is 9.10. The number of rotatable bonds is 9. The Morgan fingerprint density at radius 2 is 1.73 bits per heavy atom. The van der Waals surface area contributed by atoms with Crippen LogP contribution >= 0.6 is 0 Å². The molecule has 40 heavy (non-hydrogen) atoms. The summed E-state index contributed by atoms with van der Waals surface area (Å²) in [4.78, 5) is 24.6. The van der Waals surface area contributed by atoms with E-state index in [9.17, 15) is 25.8 Å². The molecule has 0 saturated carbocycles. The Kier molecular flexibility index (Phi) is 8.15. The van der Waals surface area contributed by atoms with Crippen molar-refractivity contribution in [2.45, 2.75) is 43.5 Å². The smallest absolute Gasteiger partial charge is 0.299 e. The number of nitro groups is 2. The third kappa shape index (κ3) is 5.86. The quantitative estimate of drug-likeness (QED) is 0.126. The van der Waals surface area contributed by atoms with Crippen molar-refractivity contribution in [3.8, 4) is 0 Å². The number of hydrogen-bond acceptors (Lipinski definition) is 10. The molecule has 2 aliphatic heterocycles. The summed E-state index contributed by atoms with van der Waals surface area (Å²) < 4.78 is 24.4. The Morgan fingerprint density at radius 3 is 2.40 bits per heavy atom. The number of ether oxygens (including phenoxy) is 4. The van der Waals surface area contributed by atoms with Crippen LogP contribution in [-0.2, 0) is 25.6 Å². The number of nitrogens with one attached hydrogen (secondary N) is 1. The second-order valence-corrected chi connectivity index (χ2v) is 9.10. The molecule has 3 aromatic rings. The van der Waals surface area contributed by atoms with E-state index in [0.717, 1.165) is 23.3 Å². The highest BCUT2D eigenvalue weighted by Gasteiger charge is 2.50. The van der Waals surface area contributed by atoms with Crippen LogP contribution in [0.4, 0.5) is 17.1 Å². The maximum absolute atomic E-state index is 11.8. The minimum Gasteiger partial charge on any atom is -0.373 e. The zero-order valence-electron chi connectivity index (χ0n) is 20.9. The Labute approximate surface area is 227 Å². The zero-order valence-corrected chi connectivity index (χ0v) is 20.9. The minimum absolute atomic E-state index is 0.0208. The molecule has 0 unspecified atom stereocenters. The van der Waals surface area contributed by atoms with Gasteiger partial charge in [-0.3, -0.25) is 20.2 Å². The molecule has 206 valence electrons. The number of hydrogen-bond donors (Lipinski definition) is 1. The molecule has 0 aliphatic carbocycles.